The van der Waals surface area contributed by atoms with E-state index < -0.39 is 0 Å². The van der Waals surface area contributed by atoms with E-state index in [4.69, 9.17) is 0 Å². The predicted octanol–water partition coefficient (Wildman–Crippen LogP) is 6.47. The quantitative estimate of drug-likeness (QED) is 0.395. The first-order valence-electron chi connectivity index (χ1n) is 11.8. The molecule has 0 bridgehead atoms. The van der Waals surface area contributed by atoms with Gasteiger partial charge in [-0.3, -0.25) is 4.79 Å². The Balaban J connectivity index is 1.55. The van der Waals surface area contributed by atoms with Gasteiger partial charge in [-0.05, 0) is 98.0 Å². The molecule has 0 aliphatic heterocycles. The molecule has 0 heterocycles. The van der Waals surface area contributed by atoms with Gasteiger partial charge in [-0.2, -0.15) is 0 Å². The third kappa shape index (κ3) is 3.41. The van der Waals surface area contributed by atoms with Gasteiger partial charge in [0.15, 0.2) is 5.78 Å². The SMILES string of the molecule is C/C(=C/CCC(C)C=O)[C@H]1CCC2C3C=CC4=CC(=O)CC[C@]4(C)C3CC[C@@]21C. The molecule has 4 rings (SSSR count). The van der Waals surface area contributed by atoms with Crippen LogP contribution < -0.4 is 0 Å². The summed E-state index contributed by atoms with van der Waals surface area (Å²) in [5.41, 5.74) is 3.45. The second kappa shape index (κ2) is 7.67. The van der Waals surface area contributed by atoms with Crippen molar-refractivity contribution in [1.29, 1.82) is 0 Å². The van der Waals surface area contributed by atoms with Crippen LogP contribution >= 0.6 is 0 Å². The third-order valence-corrected chi connectivity index (χ3v) is 9.39. The number of ketones is 1. The summed E-state index contributed by atoms with van der Waals surface area (Å²) in [4.78, 5) is 22.9. The van der Waals surface area contributed by atoms with Crippen molar-refractivity contribution in [2.45, 2.75) is 79.1 Å². The highest BCUT2D eigenvalue weighted by Gasteiger charge is 2.57. The fourth-order valence-electron chi connectivity index (χ4n) is 7.53. The maximum Gasteiger partial charge on any atom is 0.156 e. The Kier molecular flexibility index (Phi) is 5.51. The summed E-state index contributed by atoms with van der Waals surface area (Å²) in [5.74, 6) is 3.28. The van der Waals surface area contributed by atoms with Crippen LogP contribution in [0.25, 0.3) is 0 Å². The van der Waals surface area contributed by atoms with Crippen LogP contribution in [0.2, 0.25) is 0 Å². The van der Waals surface area contributed by atoms with E-state index in [1.165, 1.54) is 31.3 Å². The first kappa shape index (κ1) is 20.8. The number of hydrogen-bond donors (Lipinski definition) is 0. The highest BCUT2D eigenvalue weighted by Crippen LogP contribution is 2.66. The second-order valence-corrected chi connectivity index (χ2v) is 10.9. The zero-order valence-corrected chi connectivity index (χ0v) is 18.7. The van der Waals surface area contributed by atoms with Crippen molar-refractivity contribution in [3.63, 3.8) is 0 Å². The fraction of sp³-hybridized carbons (Fsp3) is 0.704. The van der Waals surface area contributed by atoms with Crippen LogP contribution in [0.1, 0.15) is 79.1 Å². The Labute approximate surface area is 176 Å². The van der Waals surface area contributed by atoms with Gasteiger partial charge in [-0.1, -0.05) is 44.6 Å². The minimum Gasteiger partial charge on any atom is -0.303 e. The van der Waals surface area contributed by atoms with Crippen molar-refractivity contribution in [2.24, 2.45) is 40.4 Å². The molecule has 0 spiro atoms. The van der Waals surface area contributed by atoms with Crippen LogP contribution in [0.3, 0.4) is 0 Å². The van der Waals surface area contributed by atoms with Crippen LogP contribution in [0.4, 0.5) is 0 Å². The van der Waals surface area contributed by atoms with Crippen LogP contribution in [-0.2, 0) is 9.59 Å². The molecule has 0 aromatic rings. The Morgan fingerprint density at radius 3 is 2.76 bits per heavy atom. The van der Waals surface area contributed by atoms with Crippen LogP contribution in [-0.4, -0.2) is 12.1 Å². The minimum atomic E-state index is 0.166. The van der Waals surface area contributed by atoms with E-state index in [-0.39, 0.29) is 11.3 Å². The van der Waals surface area contributed by atoms with E-state index in [9.17, 15) is 9.59 Å². The fourth-order valence-corrected chi connectivity index (χ4v) is 7.53. The summed E-state index contributed by atoms with van der Waals surface area (Å²) in [5, 5.41) is 0. The van der Waals surface area contributed by atoms with Gasteiger partial charge in [0.25, 0.3) is 0 Å². The average Bonchev–Trinajstić information content (AvgIpc) is 3.05. The van der Waals surface area contributed by atoms with Gasteiger partial charge in [0, 0.05) is 12.3 Å². The van der Waals surface area contributed by atoms with Crippen molar-refractivity contribution in [3.8, 4) is 0 Å². The summed E-state index contributed by atoms with van der Waals surface area (Å²) in [6.07, 6.45) is 19.2. The average molecular weight is 395 g/mol. The lowest BCUT2D eigenvalue weighted by molar-refractivity contribution is -0.116. The summed E-state index contributed by atoms with van der Waals surface area (Å²) in [6, 6.07) is 0. The van der Waals surface area contributed by atoms with Crippen molar-refractivity contribution in [3.05, 3.63) is 35.5 Å². The van der Waals surface area contributed by atoms with Gasteiger partial charge >= 0.3 is 0 Å². The molecule has 2 fully saturated rings. The summed E-state index contributed by atoms with van der Waals surface area (Å²) < 4.78 is 0. The third-order valence-electron chi connectivity index (χ3n) is 9.39. The number of fused-ring (bicyclic) bond motifs is 5. The summed E-state index contributed by atoms with van der Waals surface area (Å²) in [7, 11) is 0. The molecule has 0 saturated heterocycles. The monoisotopic (exact) mass is 394 g/mol. The lowest BCUT2D eigenvalue weighted by Gasteiger charge is -2.56. The Morgan fingerprint density at radius 2 is 2.00 bits per heavy atom. The number of allylic oxidation sites excluding steroid dienone is 6. The smallest absolute Gasteiger partial charge is 0.156 e. The van der Waals surface area contributed by atoms with Crippen molar-refractivity contribution >= 4 is 12.1 Å². The topological polar surface area (TPSA) is 34.1 Å². The van der Waals surface area contributed by atoms with Gasteiger partial charge in [-0.15, -0.1) is 0 Å². The van der Waals surface area contributed by atoms with Gasteiger partial charge in [0.2, 0.25) is 0 Å². The predicted molar refractivity (Wildman–Crippen MR) is 118 cm³/mol. The lowest BCUT2D eigenvalue weighted by Crippen LogP contribution is -2.49. The molecule has 0 aromatic heterocycles. The van der Waals surface area contributed by atoms with Crippen molar-refractivity contribution in [1.82, 2.24) is 0 Å². The second-order valence-electron chi connectivity index (χ2n) is 10.9. The summed E-state index contributed by atoms with van der Waals surface area (Å²) >= 11 is 0. The molecule has 0 aromatic carbocycles. The molecule has 0 amide bonds. The zero-order chi connectivity index (χ0) is 20.8. The highest BCUT2D eigenvalue weighted by molar-refractivity contribution is 5.92. The number of hydrogen-bond acceptors (Lipinski definition) is 2. The van der Waals surface area contributed by atoms with Gasteiger partial charge in [0.1, 0.15) is 6.29 Å². The molecule has 158 valence electrons. The van der Waals surface area contributed by atoms with Gasteiger partial charge in [-0.25, -0.2) is 0 Å². The number of rotatable bonds is 5. The maximum absolute atomic E-state index is 12.0. The van der Waals surface area contributed by atoms with Crippen molar-refractivity contribution in [2.75, 3.05) is 0 Å². The first-order chi connectivity index (χ1) is 13.8. The van der Waals surface area contributed by atoms with E-state index in [1.54, 1.807) is 5.57 Å². The molecule has 0 radical (unpaired) electrons. The van der Waals surface area contributed by atoms with Crippen molar-refractivity contribution < 1.29 is 9.59 Å². The number of carbonyl (C=O) groups is 2. The van der Waals surface area contributed by atoms with E-state index in [0.29, 0.717) is 29.0 Å². The Hall–Kier alpha value is -1.44. The molecule has 4 aliphatic carbocycles. The molecule has 29 heavy (non-hydrogen) atoms. The standard InChI is InChI=1S/C27H38O2/c1-18(17-28)6-5-7-19(2)23-10-11-24-22-9-8-20-16-21(29)12-14-26(20,3)25(22)13-15-27(23,24)4/h7-9,16-18,22-25H,5-6,10-15H2,1-4H3/b19-7-/t18?,22?,23-,24?,25?,26+,27-/m1/s1. The number of carbonyl (C=O) groups excluding carboxylic acids is 2. The van der Waals surface area contributed by atoms with Crippen LogP contribution in [0.5, 0.6) is 0 Å². The van der Waals surface area contributed by atoms with E-state index in [1.807, 2.05) is 13.0 Å². The van der Waals surface area contributed by atoms with E-state index >= 15 is 0 Å². The lowest BCUT2D eigenvalue weighted by atomic mass is 9.48. The molecule has 0 N–H and O–H groups in total. The largest absolute Gasteiger partial charge is 0.303 e. The van der Waals surface area contributed by atoms with Gasteiger partial charge < -0.3 is 4.79 Å². The minimum absolute atomic E-state index is 0.166. The molecular weight excluding hydrogens is 356 g/mol. The van der Waals surface area contributed by atoms with E-state index in [2.05, 4.69) is 39.0 Å². The Morgan fingerprint density at radius 1 is 1.21 bits per heavy atom. The molecule has 4 aliphatic rings. The van der Waals surface area contributed by atoms with Crippen LogP contribution in [0.15, 0.2) is 35.5 Å². The number of aldehydes is 1. The van der Waals surface area contributed by atoms with E-state index in [0.717, 1.165) is 37.9 Å². The molecule has 4 unspecified atom stereocenters. The van der Waals surface area contributed by atoms with Crippen LogP contribution in [0, 0.1) is 40.4 Å². The molecule has 7 atom stereocenters. The highest BCUT2D eigenvalue weighted by atomic mass is 16.1. The molecular formula is C27H38O2. The maximum atomic E-state index is 12.0. The zero-order valence-electron chi connectivity index (χ0n) is 18.7. The first-order valence-corrected chi connectivity index (χ1v) is 11.8. The molecule has 2 nitrogen and oxygen atoms in total. The summed E-state index contributed by atoms with van der Waals surface area (Å²) in [6.45, 7) is 9.34. The van der Waals surface area contributed by atoms with Gasteiger partial charge in [0.05, 0.1) is 0 Å². The normalized spacial score (nSPS) is 42.6. The Bertz CT molecular complexity index is 771. The molecule has 2 heteroatoms. The molecule has 2 saturated carbocycles.